The fourth-order valence-electron chi connectivity index (χ4n) is 6.49. The lowest BCUT2D eigenvalue weighted by molar-refractivity contribution is -0.231. The Balaban J connectivity index is 1.48. The van der Waals surface area contributed by atoms with Gasteiger partial charge in [-0.15, -0.1) is 0 Å². The van der Waals surface area contributed by atoms with Gasteiger partial charge in [0.1, 0.15) is 12.2 Å². The molecule has 2 amide bonds. The zero-order chi connectivity index (χ0) is 35.4. The quantitative estimate of drug-likeness (QED) is 0.154. The fraction of sp³-hybridized carbons (Fsp3) is 0.742. The minimum absolute atomic E-state index is 0.0247. The van der Waals surface area contributed by atoms with E-state index >= 15 is 0 Å². The first-order chi connectivity index (χ1) is 22.4. The number of aliphatic hydroxyl groups excluding tert-OH is 3. The monoisotopic (exact) mass is 747 g/mol. The second kappa shape index (κ2) is 15.7. The number of carbonyl (C=O) groups is 3. The number of aromatic nitrogens is 1. The maximum Gasteiger partial charge on any atom is 0.336 e. The summed E-state index contributed by atoms with van der Waals surface area (Å²) in [4.78, 5) is 45.4. The highest BCUT2D eigenvalue weighted by molar-refractivity contribution is 9.10. The number of likely N-dealkylation sites (tertiary alicyclic amines) is 1. The van der Waals surface area contributed by atoms with E-state index in [9.17, 15) is 39.2 Å². The van der Waals surface area contributed by atoms with Crippen LogP contribution in [0.5, 0.6) is 0 Å². The van der Waals surface area contributed by atoms with E-state index < -0.39 is 72.8 Å². The van der Waals surface area contributed by atoms with E-state index in [4.69, 9.17) is 14.2 Å². The highest BCUT2D eigenvalue weighted by Gasteiger charge is 2.55. The van der Waals surface area contributed by atoms with Crippen LogP contribution in [0, 0.1) is 5.95 Å². The average molecular weight is 749 g/mol. The first kappa shape index (κ1) is 38.5. The summed E-state index contributed by atoms with van der Waals surface area (Å²) in [6, 6.07) is -0.0789. The van der Waals surface area contributed by atoms with Crippen molar-refractivity contribution in [3.8, 4) is 0 Å². The Bertz CT molecular complexity index is 1320. The van der Waals surface area contributed by atoms with E-state index in [2.05, 4.69) is 41.3 Å². The number of aliphatic carboxylic acids is 1. The smallest absolute Gasteiger partial charge is 0.336 e. The van der Waals surface area contributed by atoms with Crippen molar-refractivity contribution in [2.24, 2.45) is 0 Å². The normalized spacial score (nSPS) is 29.8. The van der Waals surface area contributed by atoms with Crippen molar-refractivity contribution < 1.29 is 53.4 Å². The number of morpholine rings is 1. The van der Waals surface area contributed by atoms with Gasteiger partial charge in [0.25, 0.3) is 5.91 Å². The molecule has 3 aliphatic rings. The van der Waals surface area contributed by atoms with Gasteiger partial charge in [-0.2, -0.15) is 4.39 Å². The van der Waals surface area contributed by atoms with E-state index in [-0.39, 0.29) is 34.1 Å². The Morgan fingerprint density at radius 3 is 2.65 bits per heavy atom. The van der Waals surface area contributed by atoms with Crippen molar-refractivity contribution in [1.82, 2.24) is 25.4 Å². The second-order valence-electron chi connectivity index (χ2n) is 13.8. The Morgan fingerprint density at radius 1 is 1.27 bits per heavy atom. The van der Waals surface area contributed by atoms with Crippen LogP contribution in [0.4, 0.5) is 4.39 Å². The molecule has 1 spiro atoms. The molecule has 0 radical (unpaired) electrons. The number of pyridine rings is 1. The Hall–Kier alpha value is -2.35. The number of carboxylic acid groups (broad SMARTS) is 1. The van der Waals surface area contributed by atoms with Crippen LogP contribution < -0.4 is 10.6 Å². The van der Waals surface area contributed by atoms with E-state index in [0.29, 0.717) is 33.0 Å². The molecule has 3 saturated heterocycles. The van der Waals surface area contributed by atoms with Crippen molar-refractivity contribution in [3.05, 3.63) is 28.2 Å². The molecule has 3 aliphatic heterocycles. The van der Waals surface area contributed by atoms with Gasteiger partial charge in [-0.05, 0) is 49.2 Å². The van der Waals surface area contributed by atoms with E-state index in [1.165, 1.54) is 13.0 Å². The molecule has 15 nitrogen and oxygen atoms in total. The molecule has 0 bridgehead atoms. The van der Waals surface area contributed by atoms with Gasteiger partial charge < -0.3 is 45.3 Å². The number of ether oxygens (including phenoxy) is 3. The van der Waals surface area contributed by atoms with Gasteiger partial charge >= 0.3 is 5.97 Å². The van der Waals surface area contributed by atoms with Gasteiger partial charge in [0, 0.05) is 58.7 Å². The van der Waals surface area contributed by atoms with Crippen LogP contribution in [-0.2, 0) is 23.8 Å². The molecule has 0 aromatic carbocycles. The molecule has 48 heavy (non-hydrogen) atoms. The summed E-state index contributed by atoms with van der Waals surface area (Å²) in [7, 11) is 0. The van der Waals surface area contributed by atoms with E-state index in [1.54, 1.807) is 0 Å². The third kappa shape index (κ3) is 9.25. The Labute approximate surface area is 287 Å². The highest BCUT2D eigenvalue weighted by Crippen LogP contribution is 2.37. The number of hydrogen-bond acceptors (Lipinski definition) is 12. The lowest BCUT2D eigenvalue weighted by Crippen LogP contribution is -2.68. The molecular formula is C31H47BrFN5O10. The molecule has 1 aromatic rings. The number of aliphatic hydroxyl groups is 3. The third-order valence-electron chi connectivity index (χ3n) is 9.11. The predicted octanol–water partition coefficient (Wildman–Crippen LogP) is -0.148. The number of carbonyl (C=O) groups excluding carboxylic acids is 2. The molecule has 0 aliphatic carbocycles. The number of amides is 2. The zero-order valence-electron chi connectivity index (χ0n) is 27.7. The summed E-state index contributed by atoms with van der Waals surface area (Å²) in [6.45, 7) is 10.2. The lowest BCUT2D eigenvalue weighted by atomic mass is 9.81. The Morgan fingerprint density at radius 2 is 2.00 bits per heavy atom. The lowest BCUT2D eigenvalue weighted by Gasteiger charge is -2.49. The van der Waals surface area contributed by atoms with Crippen LogP contribution in [-0.4, -0.2) is 153 Å². The van der Waals surface area contributed by atoms with Gasteiger partial charge in [-0.1, -0.05) is 0 Å². The summed E-state index contributed by atoms with van der Waals surface area (Å²) < 4.78 is 31.4. The van der Waals surface area contributed by atoms with Crippen LogP contribution in [0.1, 0.15) is 57.3 Å². The number of rotatable bonds is 12. The fourth-order valence-corrected chi connectivity index (χ4v) is 6.84. The predicted molar refractivity (Wildman–Crippen MR) is 171 cm³/mol. The summed E-state index contributed by atoms with van der Waals surface area (Å²) in [6.07, 6.45) is -5.29. The van der Waals surface area contributed by atoms with Gasteiger partial charge in [-0.3, -0.25) is 19.4 Å². The van der Waals surface area contributed by atoms with Crippen LogP contribution in [0.25, 0.3) is 0 Å². The molecular weight excluding hydrogens is 701 g/mol. The molecule has 1 aromatic heterocycles. The van der Waals surface area contributed by atoms with Crippen molar-refractivity contribution in [3.63, 3.8) is 0 Å². The number of nitrogens with one attached hydrogen (secondary N) is 2. The number of nitrogens with zero attached hydrogens (tertiary/aromatic N) is 3. The Kier molecular flexibility index (Phi) is 12.6. The topological polar surface area (TPSA) is 203 Å². The van der Waals surface area contributed by atoms with Crippen LogP contribution >= 0.6 is 15.9 Å². The first-order valence-electron chi connectivity index (χ1n) is 16.0. The van der Waals surface area contributed by atoms with Crippen molar-refractivity contribution >= 4 is 33.7 Å². The molecule has 17 heteroatoms. The minimum Gasteiger partial charge on any atom is -0.479 e. The molecule has 270 valence electrons. The molecule has 0 unspecified atom stereocenters. The van der Waals surface area contributed by atoms with Crippen LogP contribution in [0.15, 0.2) is 16.7 Å². The summed E-state index contributed by atoms with van der Waals surface area (Å²) in [5.41, 5.74) is -2.70. The van der Waals surface area contributed by atoms with Crippen LogP contribution in [0.2, 0.25) is 0 Å². The number of hydrogen-bond donors (Lipinski definition) is 6. The maximum absolute atomic E-state index is 13.5. The SMILES string of the molecule is CC(=O)N[C@H]1[C@H]([C@H](O)[C@H](O)CNC(=O)c2cnc(F)c(Br)c2)O[C@@](CCN2CCOC[C@@]23CCN(COC(C)(C)C)C3)(C(=O)O)C[C@@H]1O. The van der Waals surface area contributed by atoms with Gasteiger partial charge in [0.05, 0.1) is 59.4 Å². The zero-order valence-corrected chi connectivity index (χ0v) is 29.2. The van der Waals surface area contributed by atoms with Gasteiger partial charge in [-0.25, -0.2) is 9.78 Å². The number of carboxylic acids is 1. The molecule has 7 atom stereocenters. The molecule has 6 N–H and O–H groups in total. The number of halogens is 2. The van der Waals surface area contributed by atoms with E-state index in [1.807, 2.05) is 20.8 Å². The molecule has 3 fully saturated rings. The highest BCUT2D eigenvalue weighted by atomic mass is 79.9. The van der Waals surface area contributed by atoms with Crippen molar-refractivity contribution in [2.45, 2.75) is 94.2 Å². The largest absolute Gasteiger partial charge is 0.479 e. The van der Waals surface area contributed by atoms with Gasteiger partial charge in [0.15, 0.2) is 5.60 Å². The first-order valence-corrected chi connectivity index (χ1v) is 16.8. The molecule has 4 rings (SSSR count). The summed E-state index contributed by atoms with van der Waals surface area (Å²) in [5.74, 6) is -3.49. The van der Waals surface area contributed by atoms with Crippen molar-refractivity contribution in [1.29, 1.82) is 0 Å². The summed E-state index contributed by atoms with van der Waals surface area (Å²) in [5, 5.41) is 48.8. The van der Waals surface area contributed by atoms with Gasteiger partial charge in [0.2, 0.25) is 11.9 Å². The average Bonchev–Trinajstić information content (AvgIpc) is 3.42. The second-order valence-corrected chi connectivity index (χ2v) is 14.7. The molecule has 0 saturated carbocycles. The van der Waals surface area contributed by atoms with Crippen molar-refractivity contribution in [2.75, 3.05) is 52.7 Å². The standard InChI is InChI=1S/C31H47BrFN5O10/c1-18(39)36-23-21(40)12-31(28(44)45,6-8-38-9-10-46-16-30(38)5-7-37(15-30)17-47-29(2,3)4)48-25(23)24(42)22(41)14-35-27(43)19-11-20(32)26(33)34-13-19/h11,13,21-25,40-42H,5-10,12,14-17H2,1-4H3,(H,35,43)(H,36,39)(H,44,45)/t21-,22+,23+,24+,25+,30-,31+/m0/s1. The van der Waals surface area contributed by atoms with Crippen LogP contribution in [0.3, 0.4) is 0 Å². The minimum atomic E-state index is -1.98. The maximum atomic E-state index is 13.5. The van der Waals surface area contributed by atoms with E-state index in [0.717, 1.165) is 19.2 Å². The third-order valence-corrected chi connectivity index (χ3v) is 9.67. The summed E-state index contributed by atoms with van der Waals surface area (Å²) >= 11 is 2.95. The molecule has 4 heterocycles.